The summed E-state index contributed by atoms with van der Waals surface area (Å²) in [7, 11) is -1.53. The number of hydrogen-bond acceptors (Lipinski definition) is 5. The molecule has 0 radical (unpaired) electrons. The highest BCUT2D eigenvalue weighted by molar-refractivity contribution is 6.58. The van der Waals surface area contributed by atoms with Gasteiger partial charge in [0.25, 0.3) is 0 Å². The Labute approximate surface area is 201 Å². The van der Waals surface area contributed by atoms with E-state index in [0.29, 0.717) is 31.0 Å². The van der Waals surface area contributed by atoms with Gasteiger partial charge in [-0.05, 0) is 67.8 Å². The van der Waals surface area contributed by atoms with Crippen molar-refractivity contribution in [1.82, 2.24) is 10.2 Å². The van der Waals surface area contributed by atoms with Crippen LogP contribution in [0.2, 0.25) is 0 Å². The molecule has 0 atom stereocenters. The predicted octanol–water partition coefficient (Wildman–Crippen LogP) is 2.81. The quantitative estimate of drug-likeness (QED) is 0.451. The first kappa shape index (κ1) is 25.5. The van der Waals surface area contributed by atoms with Crippen LogP contribution in [-0.2, 0) is 16.1 Å². The molecule has 180 valence electrons. The van der Waals surface area contributed by atoms with Gasteiger partial charge in [0.1, 0.15) is 5.60 Å². The number of amides is 2. The molecule has 3 rings (SSSR count). The van der Waals surface area contributed by atoms with Gasteiger partial charge in [-0.25, -0.2) is 4.79 Å². The van der Waals surface area contributed by atoms with Crippen LogP contribution in [0.25, 0.3) is 6.08 Å². The molecular formula is C26H33BN2O5. The van der Waals surface area contributed by atoms with Gasteiger partial charge in [-0.15, -0.1) is 0 Å². The topological polar surface area (TPSA) is 99.1 Å². The second-order valence-electron chi connectivity index (χ2n) is 9.58. The van der Waals surface area contributed by atoms with Gasteiger partial charge in [0.15, 0.2) is 0 Å². The lowest BCUT2D eigenvalue weighted by atomic mass is 9.79. The third-order valence-electron chi connectivity index (χ3n) is 5.69. The molecule has 2 aromatic carbocycles. The van der Waals surface area contributed by atoms with Crippen molar-refractivity contribution in [3.63, 3.8) is 0 Å². The number of likely N-dealkylation sites (tertiary alicyclic amines) is 1. The number of nitrogens with one attached hydrogen (secondary N) is 1. The molecule has 7 nitrogen and oxygen atoms in total. The summed E-state index contributed by atoms with van der Waals surface area (Å²) >= 11 is 0. The molecule has 1 fully saturated rings. The summed E-state index contributed by atoms with van der Waals surface area (Å²) in [5.41, 5.74) is 2.83. The molecule has 0 unspecified atom stereocenters. The van der Waals surface area contributed by atoms with Crippen molar-refractivity contribution in [2.75, 3.05) is 13.1 Å². The summed E-state index contributed by atoms with van der Waals surface area (Å²) in [6, 6.07) is 15.0. The van der Waals surface area contributed by atoms with Crippen molar-refractivity contribution < 1.29 is 24.4 Å². The predicted molar refractivity (Wildman–Crippen MR) is 133 cm³/mol. The van der Waals surface area contributed by atoms with Gasteiger partial charge in [-0.1, -0.05) is 48.5 Å². The van der Waals surface area contributed by atoms with Crippen molar-refractivity contribution in [3.05, 3.63) is 71.3 Å². The molecule has 34 heavy (non-hydrogen) atoms. The minimum Gasteiger partial charge on any atom is -0.444 e. The molecule has 0 aliphatic carbocycles. The molecule has 1 aliphatic heterocycles. The monoisotopic (exact) mass is 464 g/mol. The van der Waals surface area contributed by atoms with Crippen molar-refractivity contribution >= 4 is 30.7 Å². The molecule has 1 aliphatic rings. The Morgan fingerprint density at radius 2 is 1.82 bits per heavy atom. The SMILES string of the molecule is CC(C)(C)OC(=O)NCc1cccc(C2CCN(C(=O)C=Cc3cccc(B(O)O)c3)CC2)c1. The van der Waals surface area contributed by atoms with Gasteiger partial charge >= 0.3 is 13.2 Å². The zero-order valence-corrected chi connectivity index (χ0v) is 20.0. The molecule has 0 spiro atoms. The highest BCUT2D eigenvalue weighted by atomic mass is 16.6. The van der Waals surface area contributed by atoms with Crippen LogP contribution in [0.15, 0.2) is 54.6 Å². The van der Waals surface area contributed by atoms with E-state index in [1.165, 1.54) is 11.6 Å². The van der Waals surface area contributed by atoms with Gasteiger partial charge in [0.2, 0.25) is 5.91 Å². The van der Waals surface area contributed by atoms with Crippen LogP contribution in [0.5, 0.6) is 0 Å². The van der Waals surface area contributed by atoms with Gasteiger partial charge in [0, 0.05) is 25.7 Å². The lowest BCUT2D eigenvalue weighted by Crippen LogP contribution is -2.37. The number of rotatable bonds is 6. The van der Waals surface area contributed by atoms with E-state index in [-0.39, 0.29) is 5.91 Å². The van der Waals surface area contributed by atoms with Crippen LogP contribution in [0.4, 0.5) is 4.79 Å². The number of nitrogens with zero attached hydrogens (tertiary/aromatic N) is 1. The normalized spacial score (nSPS) is 14.8. The van der Waals surface area contributed by atoms with E-state index in [2.05, 4.69) is 17.4 Å². The first-order chi connectivity index (χ1) is 16.1. The van der Waals surface area contributed by atoms with Gasteiger partial charge in [-0.2, -0.15) is 0 Å². The molecule has 8 heteroatoms. The van der Waals surface area contributed by atoms with E-state index < -0.39 is 18.8 Å². The molecule has 0 saturated carbocycles. The molecule has 1 saturated heterocycles. The molecular weight excluding hydrogens is 431 g/mol. The third-order valence-corrected chi connectivity index (χ3v) is 5.69. The van der Waals surface area contributed by atoms with E-state index in [1.807, 2.05) is 43.9 Å². The molecule has 2 aromatic rings. The lowest BCUT2D eigenvalue weighted by molar-refractivity contribution is -0.126. The van der Waals surface area contributed by atoms with Crippen molar-refractivity contribution in [2.24, 2.45) is 0 Å². The smallest absolute Gasteiger partial charge is 0.444 e. The Morgan fingerprint density at radius 3 is 2.50 bits per heavy atom. The summed E-state index contributed by atoms with van der Waals surface area (Å²) in [6.45, 7) is 7.24. The maximum Gasteiger partial charge on any atom is 0.488 e. The van der Waals surface area contributed by atoms with Crippen LogP contribution < -0.4 is 10.8 Å². The first-order valence-corrected chi connectivity index (χ1v) is 11.6. The van der Waals surface area contributed by atoms with Crippen LogP contribution in [0.1, 0.15) is 56.2 Å². The lowest BCUT2D eigenvalue weighted by Gasteiger charge is -2.31. The maximum atomic E-state index is 12.6. The summed E-state index contributed by atoms with van der Waals surface area (Å²) in [4.78, 5) is 26.4. The maximum absolute atomic E-state index is 12.6. The average molecular weight is 464 g/mol. The van der Waals surface area contributed by atoms with E-state index in [4.69, 9.17) is 4.74 Å². The van der Waals surface area contributed by atoms with E-state index in [1.54, 1.807) is 24.3 Å². The Hall–Kier alpha value is -3.10. The fraction of sp³-hybridized carbons (Fsp3) is 0.385. The van der Waals surface area contributed by atoms with E-state index in [9.17, 15) is 19.6 Å². The summed E-state index contributed by atoms with van der Waals surface area (Å²) in [5.74, 6) is 0.306. The zero-order chi connectivity index (χ0) is 24.7. The second kappa shape index (κ2) is 11.4. The number of piperidine rings is 1. The molecule has 3 N–H and O–H groups in total. The van der Waals surface area contributed by atoms with Crippen LogP contribution in [0.3, 0.4) is 0 Å². The number of carbonyl (C=O) groups is 2. The fourth-order valence-electron chi connectivity index (χ4n) is 3.97. The van der Waals surface area contributed by atoms with E-state index in [0.717, 1.165) is 24.0 Å². The average Bonchev–Trinajstić information content (AvgIpc) is 2.80. The Balaban J connectivity index is 1.51. The third kappa shape index (κ3) is 7.75. The highest BCUT2D eigenvalue weighted by Crippen LogP contribution is 2.28. The zero-order valence-electron chi connectivity index (χ0n) is 20.0. The molecule has 2 amide bonds. The van der Waals surface area contributed by atoms with Crippen molar-refractivity contribution in [3.8, 4) is 0 Å². The molecule has 1 heterocycles. The van der Waals surface area contributed by atoms with Crippen LogP contribution in [-0.4, -0.2) is 52.8 Å². The van der Waals surface area contributed by atoms with Crippen molar-refractivity contribution in [2.45, 2.75) is 51.7 Å². The standard InChI is InChI=1S/C26H33BN2O5/c1-26(2,3)34-25(31)28-18-20-7-4-8-22(16-20)21-12-14-29(15-13-21)24(30)11-10-19-6-5-9-23(17-19)27(32)33/h4-11,16-17,21,32-33H,12-15,18H2,1-3H3,(H,28,31). The Bertz CT molecular complexity index is 1020. The largest absolute Gasteiger partial charge is 0.488 e. The van der Waals surface area contributed by atoms with E-state index >= 15 is 0 Å². The number of benzene rings is 2. The number of ether oxygens (including phenoxy) is 1. The highest BCUT2D eigenvalue weighted by Gasteiger charge is 2.23. The first-order valence-electron chi connectivity index (χ1n) is 11.6. The minimum absolute atomic E-state index is 0.0521. The minimum atomic E-state index is -1.53. The number of hydrogen-bond donors (Lipinski definition) is 3. The van der Waals surface area contributed by atoms with Crippen LogP contribution in [0, 0.1) is 0 Å². The summed E-state index contributed by atoms with van der Waals surface area (Å²) in [6.07, 6.45) is 4.54. The summed E-state index contributed by atoms with van der Waals surface area (Å²) in [5, 5.41) is 21.4. The fourth-order valence-corrected chi connectivity index (χ4v) is 3.97. The molecule has 0 aromatic heterocycles. The number of alkyl carbamates (subject to hydrolysis) is 1. The van der Waals surface area contributed by atoms with Gasteiger partial charge < -0.3 is 25.0 Å². The number of carbonyl (C=O) groups excluding carboxylic acids is 2. The Kier molecular flexibility index (Phi) is 8.53. The second-order valence-corrected chi connectivity index (χ2v) is 9.58. The molecule has 0 bridgehead atoms. The van der Waals surface area contributed by atoms with Gasteiger partial charge in [-0.3, -0.25) is 4.79 Å². The summed E-state index contributed by atoms with van der Waals surface area (Å²) < 4.78 is 5.29. The van der Waals surface area contributed by atoms with Crippen LogP contribution >= 0.6 is 0 Å². The Morgan fingerprint density at radius 1 is 1.12 bits per heavy atom. The van der Waals surface area contributed by atoms with Crippen molar-refractivity contribution in [1.29, 1.82) is 0 Å². The van der Waals surface area contributed by atoms with Gasteiger partial charge in [0.05, 0.1) is 0 Å².